The van der Waals surface area contributed by atoms with Gasteiger partial charge in [-0.15, -0.1) is 0 Å². The van der Waals surface area contributed by atoms with E-state index in [9.17, 15) is 9.59 Å². The van der Waals surface area contributed by atoms with Crippen LogP contribution in [0.3, 0.4) is 0 Å². The number of rotatable bonds is 7. The van der Waals surface area contributed by atoms with E-state index in [1.807, 2.05) is 39.1 Å². The number of thioether (sulfide) groups is 1. The summed E-state index contributed by atoms with van der Waals surface area (Å²) in [5.74, 6) is 1.80. The topological polar surface area (TPSA) is 82.5 Å². The summed E-state index contributed by atoms with van der Waals surface area (Å²) in [4.78, 5) is 30.1. The third-order valence-electron chi connectivity index (χ3n) is 5.68. The molecule has 1 aliphatic rings. The molecule has 1 atom stereocenters. The number of aromatic nitrogens is 2. The van der Waals surface area contributed by atoms with Gasteiger partial charge in [-0.1, -0.05) is 47.7 Å². The fraction of sp³-hybridized carbons (Fsp3) is 0.320. The molecular formula is C25H27N3O4S. The Bertz CT molecular complexity index is 1240. The Morgan fingerprint density at radius 2 is 1.91 bits per heavy atom. The van der Waals surface area contributed by atoms with Crippen molar-refractivity contribution in [3.63, 3.8) is 0 Å². The molecule has 3 aromatic rings. The van der Waals surface area contributed by atoms with Crippen molar-refractivity contribution in [2.75, 3.05) is 19.0 Å². The molecule has 0 bridgehead atoms. The zero-order valence-corrected chi connectivity index (χ0v) is 20.0. The van der Waals surface area contributed by atoms with Gasteiger partial charge in [-0.05, 0) is 37.1 Å². The number of anilines is 1. The highest BCUT2D eigenvalue weighted by atomic mass is 32.2. The highest BCUT2D eigenvalue weighted by Gasteiger charge is 2.32. The van der Waals surface area contributed by atoms with Crippen molar-refractivity contribution in [1.29, 1.82) is 0 Å². The Morgan fingerprint density at radius 1 is 1.15 bits per heavy atom. The van der Waals surface area contributed by atoms with Crippen LogP contribution in [0.5, 0.6) is 11.5 Å². The molecule has 0 spiro atoms. The van der Waals surface area contributed by atoms with Crippen molar-refractivity contribution in [2.24, 2.45) is 7.05 Å². The molecule has 4 rings (SSSR count). The molecule has 1 aliphatic heterocycles. The van der Waals surface area contributed by atoms with Gasteiger partial charge in [-0.2, -0.15) is 4.98 Å². The van der Waals surface area contributed by atoms with E-state index in [0.717, 1.165) is 11.1 Å². The van der Waals surface area contributed by atoms with Crippen LogP contribution in [-0.4, -0.2) is 29.2 Å². The van der Waals surface area contributed by atoms with E-state index < -0.39 is 5.92 Å². The van der Waals surface area contributed by atoms with Crippen molar-refractivity contribution in [1.82, 2.24) is 9.55 Å². The zero-order valence-electron chi connectivity index (χ0n) is 19.2. The smallest absolute Gasteiger partial charge is 0.279 e. The molecule has 0 fully saturated rings. The maximum absolute atomic E-state index is 13.2. The normalized spacial score (nSPS) is 15.0. The molecule has 0 saturated carbocycles. The van der Waals surface area contributed by atoms with Gasteiger partial charge in [-0.3, -0.25) is 9.59 Å². The van der Waals surface area contributed by atoms with Gasteiger partial charge in [0.25, 0.3) is 5.56 Å². The fourth-order valence-corrected chi connectivity index (χ4v) is 4.88. The fourth-order valence-electron chi connectivity index (χ4n) is 3.96. The first kappa shape index (κ1) is 22.9. The van der Waals surface area contributed by atoms with E-state index in [2.05, 4.69) is 34.6 Å². The number of ether oxygens (including phenoxy) is 2. The van der Waals surface area contributed by atoms with E-state index in [1.165, 1.54) is 17.3 Å². The number of carbonyl (C=O) groups excluding carboxylic acids is 1. The minimum Gasteiger partial charge on any atom is -0.493 e. The Kier molecular flexibility index (Phi) is 6.74. The van der Waals surface area contributed by atoms with E-state index in [0.29, 0.717) is 40.4 Å². The maximum Gasteiger partial charge on any atom is 0.279 e. The molecule has 1 amide bonds. The molecular weight excluding hydrogens is 438 g/mol. The first-order chi connectivity index (χ1) is 15.9. The Hall–Kier alpha value is -3.26. The van der Waals surface area contributed by atoms with Crippen molar-refractivity contribution >= 4 is 23.5 Å². The second-order valence-electron chi connectivity index (χ2n) is 7.94. The minimum atomic E-state index is -0.416. The maximum atomic E-state index is 13.2. The lowest BCUT2D eigenvalue weighted by molar-refractivity contribution is -0.116. The van der Waals surface area contributed by atoms with E-state index in [4.69, 9.17) is 9.47 Å². The molecule has 1 unspecified atom stereocenters. The third-order valence-corrected chi connectivity index (χ3v) is 6.78. The monoisotopic (exact) mass is 465 g/mol. The zero-order chi connectivity index (χ0) is 23.5. The molecule has 2 heterocycles. The summed E-state index contributed by atoms with van der Waals surface area (Å²) in [6, 6.07) is 13.8. The second kappa shape index (κ2) is 9.70. The number of amides is 1. The van der Waals surface area contributed by atoms with Crippen LogP contribution in [-0.2, 0) is 17.6 Å². The lowest BCUT2D eigenvalue weighted by Gasteiger charge is -2.28. The first-order valence-corrected chi connectivity index (χ1v) is 11.8. The van der Waals surface area contributed by atoms with Gasteiger partial charge < -0.3 is 19.4 Å². The summed E-state index contributed by atoms with van der Waals surface area (Å²) in [6.45, 7) is 4.46. The van der Waals surface area contributed by atoms with Crippen LogP contribution in [0.1, 0.15) is 41.5 Å². The highest BCUT2D eigenvalue weighted by molar-refractivity contribution is 7.98. The van der Waals surface area contributed by atoms with Gasteiger partial charge in [0.05, 0.1) is 19.3 Å². The average molecular weight is 466 g/mol. The lowest BCUT2D eigenvalue weighted by atomic mass is 9.86. The van der Waals surface area contributed by atoms with Crippen LogP contribution in [0.2, 0.25) is 0 Å². The van der Waals surface area contributed by atoms with Crippen LogP contribution < -0.4 is 20.3 Å². The van der Waals surface area contributed by atoms with Crippen molar-refractivity contribution in [3.8, 4) is 11.5 Å². The number of nitrogens with one attached hydrogen (secondary N) is 1. The molecule has 7 nitrogen and oxygen atoms in total. The minimum absolute atomic E-state index is 0.143. The van der Waals surface area contributed by atoms with Crippen molar-refractivity contribution < 1.29 is 14.3 Å². The predicted octanol–water partition coefficient (Wildman–Crippen LogP) is 4.26. The number of hydrogen-bond acceptors (Lipinski definition) is 6. The molecule has 1 aromatic heterocycles. The average Bonchev–Trinajstić information content (AvgIpc) is 2.81. The summed E-state index contributed by atoms with van der Waals surface area (Å²) in [7, 11) is 3.39. The largest absolute Gasteiger partial charge is 0.493 e. The second-order valence-corrected chi connectivity index (χ2v) is 8.89. The van der Waals surface area contributed by atoms with Crippen LogP contribution in [0.15, 0.2) is 52.4 Å². The number of nitrogens with zero attached hydrogens (tertiary/aromatic N) is 2. The first-order valence-electron chi connectivity index (χ1n) is 10.8. The Labute approximate surface area is 197 Å². The number of aryl methyl sites for hydroxylation is 1. The van der Waals surface area contributed by atoms with Crippen LogP contribution in [0.25, 0.3) is 0 Å². The number of carbonyl (C=O) groups is 1. The van der Waals surface area contributed by atoms with Crippen LogP contribution in [0, 0.1) is 6.92 Å². The van der Waals surface area contributed by atoms with E-state index in [1.54, 1.807) is 11.7 Å². The quantitative estimate of drug-likeness (QED) is 0.415. The molecule has 0 aliphatic carbocycles. The SMILES string of the molecule is CCOc1ccc(C2CC(=O)Nc3c2c(=O)nc(SCc2ccc(C)cc2)n3C)cc1OC. The molecule has 2 aromatic carbocycles. The highest BCUT2D eigenvalue weighted by Crippen LogP contribution is 2.39. The standard InChI is InChI=1S/C25H27N3O4S/c1-5-32-19-11-10-17(12-20(19)31-4)18-13-21(29)26-23-22(18)24(30)27-25(28(23)3)33-14-16-8-6-15(2)7-9-16/h6-12,18H,5,13-14H2,1-4H3,(H,26,29). The number of methoxy groups -OCH3 is 1. The van der Waals surface area contributed by atoms with Crippen LogP contribution >= 0.6 is 11.8 Å². The van der Waals surface area contributed by atoms with Crippen molar-refractivity contribution in [3.05, 3.63) is 75.1 Å². The Balaban J connectivity index is 1.70. The van der Waals surface area contributed by atoms with Gasteiger partial charge in [0.2, 0.25) is 5.91 Å². The van der Waals surface area contributed by atoms with Crippen LogP contribution in [0.4, 0.5) is 5.82 Å². The molecule has 33 heavy (non-hydrogen) atoms. The summed E-state index contributed by atoms with van der Waals surface area (Å²) < 4.78 is 12.9. The molecule has 0 radical (unpaired) electrons. The lowest BCUT2D eigenvalue weighted by Crippen LogP contribution is -2.33. The number of benzene rings is 2. The number of hydrogen-bond donors (Lipinski definition) is 1. The van der Waals surface area contributed by atoms with Gasteiger partial charge >= 0.3 is 0 Å². The predicted molar refractivity (Wildman–Crippen MR) is 129 cm³/mol. The summed E-state index contributed by atoms with van der Waals surface area (Å²) >= 11 is 1.47. The van der Waals surface area contributed by atoms with Gasteiger partial charge in [-0.25, -0.2) is 0 Å². The van der Waals surface area contributed by atoms with E-state index >= 15 is 0 Å². The summed E-state index contributed by atoms with van der Waals surface area (Å²) in [6.07, 6.45) is 0.164. The van der Waals surface area contributed by atoms with E-state index in [-0.39, 0.29) is 17.9 Å². The number of fused-ring (bicyclic) bond motifs is 1. The summed E-state index contributed by atoms with van der Waals surface area (Å²) in [5.41, 5.74) is 3.31. The van der Waals surface area contributed by atoms with Gasteiger partial charge in [0, 0.05) is 25.1 Å². The Morgan fingerprint density at radius 3 is 2.61 bits per heavy atom. The van der Waals surface area contributed by atoms with Gasteiger partial charge in [0.1, 0.15) is 5.82 Å². The third kappa shape index (κ3) is 4.75. The van der Waals surface area contributed by atoms with Crippen molar-refractivity contribution in [2.45, 2.75) is 37.1 Å². The molecule has 0 saturated heterocycles. The summed E-state index contributed by atoms with van der Waals surface area (Å²) in [5, 5.41) is 3.45. The molecule has 8 heteroatoms. The van der Waals surface area contributed by atoms with Gasteiger partial charge in [0.15, 0.2) is 16.7 Å². The molecule has 172 valence electrons. The molecule has 1 N–H and O–H groups in total.